The van der Waals surface area contributed by atoms with Crippen molar-refractivity contribution in [1.82, 2.24) is 16.0 Å². The molecule has 1 fully saturated rings. The van der Waals surface area contributed by atoms with Crippen LogP contribution in [0.1, 0.15) is 43.9 Å². The molecule has 2 aromatic rings. The minimum absolute atomic E-state index is 0.0178. The van der Waals surface area contributed by atoms with Crippen molar-refractivity contribution in [2.45, 2.75) is 57.0 Å². The van der Waals surface area contributed by atoms with Crippen molar-refractivity contribution in [3.05, 3.63) is 71.5 Å². The number of benzene rings is 2. The maximum absolute atomic E-state index is 14.0. The molecule has 1 saturated carbocycles. The summed E-state index contributed by atoms with van der Waals surface area (Å²) in [5, 5.41) is 6.73. The fourth-order valence-electron chi connectivity index (χ4n) is 4.00. The van der Waals surface area contributed by atoms with E-state index in [1.54, 1.807) is 30.3 Å². The lowest BCUT2D eigenvalue weighted by atomic mass is 9.97. The normalized spacial score (nSPS) is 15.7. The van der Waals surface area contributed by atoms with Crippen molar-refractivity contribution < 1.29 is 40.4 Å². The maximum atomic E-state index is 14.0. The number of rotatable bonds is 13. The molecule has 0 radical (unpaired) electrons. The Morgan fingerprint density at radius 1 is 0.975 bits per heavy atom. The van der Waals surface area contributed by atoms with Gasteiger partial charge in [-0.15, -0.1) is 0 Å². The SMILES string of the molecule is CC(C)(NC(=O)C(CS(=O)(=O)CC1CC1)N[C@H](c1ccc(F)cc1)C(F)(F)F)C(=O)C(=O)NCc1ccccc1. The smallest absolute Gasteiger partial charge is 0.345 e. The zero-order valence-electron chi connectivity index (χ0n) is 21.9. The molecule has 13 heteroatoms. The quantitative estimate of drug-likeness (QED) is 0.246. The summed E-state index contributed by atoms with van der Waals surface area (Å²) >= 11 is 0. The van der Waals surface area contributed by atoms with E-state index in [4.69, 9.17) is 0 Å². The van der Waals surface area contributed by atoms with Crippen molar-refractivity contribution in [3.63, 3.8) is 0 Å². The molecule has 0 saturated heterocycles. The summed E-state index contributed by atoms with van der Waals surface area (Å²) in [5.74, 6) is -5.53. The van der Waals surface area contributed by atoms with Crippen molar-refractivity contribution in [2.24, 2.45) is 5.92 Å². The van der Waals surface area contributed by atoms with Crippen LogP contribution < -0.4 is 16.0 Å². The van der Waals surface area contributed by atoms with Gasteiger partial charge in [-0.25, -0.2) is 12.8 Å². The third-order valence-electron chi connectivity index (χ3n) is 6.33. The highest BCUT2D eigenvalue weighted by Crippen LogP contribution is 2.34. The van der Waals surface area contributed by atoms with E-state index < -0.39 is 68.4 Å². The van der Waals surface area contributed by atoms with E-state index in [0.717, 1.165) is 24.3 Å². The summed E-state index contributed by atoms with van der Waals surface area (Å²) < 4.78 is 81.0. The number of amides is 2. The van der Waals surface area contributed by atoms with E-state index >= 15 is 0 Å². The first-order valence-electron chi connectivity index (χ1n) is 12.5. The molecule has 8 nitrogen and oxygen atoms in total. The topological polar surface area (TPSA) is 121 Å². The first kappa shape index (κ1) is 31.2. The molecule has 0 heterocycles. The second kappa shape index (κ2) is 12.5. The van der Waals surface area contributed by atoms with Gasteiger partial charge in [0.1, 0.15) is 23.4 Å². The molecule has 0 bridgehead atoms. The van der Waals surface area contributed by atoms with Crippen molar-refractivity contribution >= 4 is 27.4 Å². The summed E-state index contributed by atoms with van der Waals surface area (Å²) in [7, 11) is -3.99. The molecule has 40 heavy (non-hydrogen) atoms. The molecule has 2 atom stereocenters. The maximum Gasteiger partial charge on any atom is 0.407 e. The Bertz CT molecular complexity index is 1310. The van der Waals surface area contributed by atoms with Gasteiger partial charge in [-0.1, -0.05) is 42.5 Å². The third-order valence-corrected chi connectivity index (χ3v) is 8.15. The predicted octanol–water partition coefficient (Wildman–Crippen LogP) is 2.99. The second-order valence-electron chi connectivity index (χ2n) is 10.4. The third kappa shape index (κ3) is 9.12. The largest absolute Gasteiger partial charge is 0.407 e. The lowest BCUT2D eigenvalue weighted by Gasteiger charge is -2.30. The second-order valence-corrected chi connectivity index (χ2v) is 12.5. The number of alkyl halides is 3. The lowest BCUT2D eigenvalue weighted by molar-refractivity contribution is -0.160. The van der Waals surface area contributed by atoms with Crippen molar-refractivity contribution in [1.29, 1.82) is 0 Å². The monoisotopic (exact) mass is 585 g/mol. The van der Waals surface area contributed by atoms with Crippen LogP contribution in [0.3, 0.4) is 0 Å². The van der Waals surface area contributed by atoms with E-state index in [0.29, 0.717) is 18.4 Å². The van der Waals surface area contributed by atoms with Gasteiger partial charge >= 0.3 is 6.18 Å². The van der Waals surface area contributed by atoms with E-state index in [-0.39, 0.29) is 18.2 Å². The highest BCUT2D eigenvalue weighted by Gasteiger charge is 2.45. The van der Waals surface area contributed by atoms with E-state index in [2.05, 4.69) is 16.0 Å². The van der Waals surface area contributed by atoms with Gasteiger partial charge in [0.15, 0.2) is 9.84 Å². The van der Waals surface area contributed by atoms with Crippen LogP contribution in [0.15, 0.2) is 54.6 Å². The molecule has 0 aromatic heterocycles. The van der Waals surface area contributed by atoms with Crippen LogP contribution in [0, 0.1) is 11.7 Å². The van der Waals surface area contributed by atoms with Crippen LogP contribution in [0.4, 0.5) is 17.6 Å². The summed E-state index contributed by atoms with van der Waals surface area (Å²) in [6.07, 6.45) is -3.67. The summed E-state index contributed by atoms with van der Waals surface area (Å²) in [6, 6.07) is 7.57. The minimum atomic E-state index is -4.99. The van der Waals surface area contributed by atoms with Crippen LogP contribution in [0.2, 0.25) is 0 Å². The molecular weight excluding hydrogens is 554 g/mol. The number of Topliss-reactive ketones (excluding diaryl/α,β-unsaturated/α-hetero) is 1. The minimum Gasteiger partial charge on any atom is -0.345 e. The number of ketones is 1. The van der Waals surface area contributed by atoms with Crippen molar-refractivity contribution in [3.8, 4) is 0 Å². The molecule has 1 unspecified atom stereocenters. The van der Waals surface area contributed by atoms with Crippen LogP contribution >= 0.6 is 0 Å². The van der Waals surface area contributed by atoms with E-state index in [1.165, 1.54) is 13.8 Å². The molecule has 218 valence electrons. The summed E-state index contributed by atoms with van der Waals surface area (Å²) in [6.45, 7) is 2.39. The molecule has 2 aromatic carbocycles. The van der Waals surface area contributed by atoms with Gasteiger partial charge in [-0.2, -0.15) is 13.2 Å². The van der Waals surface area contributed by atoms with Crippen molar-refractivity contribution in [2.75, 3.05) is 11.5 Å². The molecule has 0 spiro atoms. The molecule has 3 rings (SSSR count). The van der Waals surface area contributed by atoms with Gasteiger partial charge in [-0.05, 0) is 55.9 Å². The number of carbonyl (C=O) groups is 3. The highest BCUT2D eigenvalue weighted by atomic mass is 32.2. The van der Waals surface area contributed by atoms with Crippen LogP contribution in [-0.2, 0) is 30.8 Å². The predicted molar refractivity (Wildman–Crippen MR) is 139 cm³/mol. The van der Waals surface area contributed by atoms with Crippen LogP contribution in [0.5, 0.6) is 0 Å². The molecule has 3 N–H and O–H groups in total. The molecular formula is C27H31F4N3O5S. The van der Waals surface area contributed by atoms with Gasteiger partial charge in [0.2, 0.25) is 11.7 Å². The van der Waals surface area contributed by atoms with E-state index in [1.807, 2.05) is 0 Å². The molecule has 0 aliphatic heterocycles. The number of nitrogens with one attached hydrogen (secondary N) is 3. The number of carbonyl (C=O) groups excluding carboxylic acids is 3. The summed E-state index contributed by atoms with van der Waals surface area (Å²) in [5.41, 5.74) is -1.63. The first-order valence-corrected chi connectivity index (χ1v) is 14.4. The Kier molecular flexibility index (Phi) is 9.72. The molecule has 1 aliphatic rings. The van der Waals surface area contributed by atoms with Gasteiger partial charge in [0.05, 0.1) is 11.5 Å². The standard InChI is InChI=1S/C27H31F4N3O5S/c1-26(2,23(35)25(37)32-14-17-6-4-3-5-7-17)34-24(36)21(16-40(38,39)15-18-8-9-18)33-22(27(29,30)31)19-10-12-20(28)13-11-19/h3-7,10-13,18,21-22,33H,8-9,14-16H2,1-2H3,(H,32,37)(H,34,36)/t21?,22-/m1/s1. The van der Waals surface area contributed by atoms with Gasteiger partial charge in [0, 0.05) is 6.54 Å². The average molecular weight is 586 g/mol. The number of hydrogen-bond acceptors (Lipinski definition) is 6. The lowest BCUT2D eigenvalue weighted by Crippen LogP contribution is -2.60. The van der Waals surface area contributed by atoms with Gasteiger partial charge < -0.3 is 10.6 Å². The summed E-state index contributed by atoms with van der Waals surface area (Å²) in [4.78, 5) is 38.6. The number of hydrogen-bond donors (Lipinski definition) is 3. The van der Waals surface area contributed by atoms with Crippen LogP contribution in [0.25, 0.3) is 0 Å². The Morgan fingerprint density at radius 3 is 2.12 bits per heavy atom. The fourth-order valence-corrected chi connectivity index (χ4v) is 5.94. The highest BCUT2D eigenvalue weighted by molar-refractivity contribution is 7.91. The van der Waals surface area contributed by atoms with Crippen LogP contribution in [-0.4, -0.2) is 55.3 Å². The zero-order chi connectivity index (χ0) is 29.7. The number of halogens is 4. The Morgan fingerprint density at radius 2 is 1.57 bits per heavy atom. The fraction of sp³-hybridized carbons (Fsp3) is 0.444. The van der Waals surface area contributed by atoms with Gasteiger partial charge in [0.25, 0.3) is 5.91 Å². The van der Waals surface area contributed by atoms with E-state index in [9.17, 15) is 40.4 Å². The first-order chi connectivity index (χ1) is 18.6. The molecule has 1 aliphatic carbocycles. The Hall–Kier alpha value is -3.32. The van der Waals surface area contributed by atoms with Gasteiger partial charge in [-0.3, -0.25) is 19.7 Å². The number of sulfone groups is 1. The Balaban J connectivity index is 1.80. The molecule has 2 amide bonds. The Labute approximate surface area is 229 Å². The zero-order valence-corrected chi connectivity index (χ0v) is 22.7. The average Bonchev–Trinajstić information content (AvgIpc) is 3.68.